The van der Waals surface area contributed by atoms with Gasteiger partial charge in [-0.1, -0.05) is 17.9 Å². The smallest absolute Gasteiger partial charge is 0.253 e. The van der Waals surface area contributed by atoms with Crippen LogP contribution in [0.2, 0.25) is 0 Å². The van der Waals surface area contributed by atoms with E-state index in [4.69, 9.17) is 4.74 Å². The molecular formula is C21H21NO3. The average molecular weight is 335 g/mol. The van der Waals surface area contributed by atoms with Crippen LogP contribution in [-0.2, 0) is 0 Å². The zero-order valence-corrected chi connectivity index (χ0v) is 14.2. The van der Waals surface area contributed by atoms with Gasteiger partial charge in [-0.05, 0) is 55.3 Å². The fourth-order valence-corrected chi connectivity index (χ4v) is 2.79. The van der Waals surface area contributed by atoms with Crippen molar-refractivity contribution >= 4 is 5.91 Å². The molecule has 1 saturated heterocycles. The quantitative estimate of drug-likeness (QED) is 0.859. The van der Waals surface area contributed by atoms with E-state index in [1.165, 1.54) is 0 Å². The second-order valence-corrected chi connectivity index (χ2v) is 6.08. The number of aliphatic hydroxyl groups is 1. The number of rotatable bonds is 2. The van der Waals surface area contributed by atoms with Crippen molar-refractivity contribution in [3.8, 4) is 17.6 Å². The minimum atomic E-state index is -0.279. The molecule has 4 nitrogen and oxygen atoms in total. The summed E-state index contributed by atoms with van der Waals surface area (Å²) in [4.78, 5) is 14.3. The standard InChI is InChI=1S/C21H21NO3/c1-25-20-4-2-3-17(15-20)6-5-16-7-9-18(10-8-16)21(24)22-13-11-19(23)12-14-22/h2-4,7-10,15,19,23H,11-14H2,1H3. The van der Waals surface area contributed by atoms with Crippen molar-refractivity contribution in [3.05, 3.63) is 65.2 Å². The van der Waals surface area contributed by atoms with E-state index >= 15 is 0 Å². The Morgan fingerprint density at radius 3 is 2.44 bits per heavy atom. The highest BCUT2D eigenvalue weighted by molar-refractivity contribution is 5.94. The lowest BCUT2D eigenvalue weighted by Gasteiger charge is -2.29. The molecule has 0 aliphatic carbocycles. The summed E-state index contributed by atoms with van der Waals surface area (Å²) in [6.45, 7) is 1.22. The number of carbonyl (C=O) groups excluding carboxylic acids is 1. The summed E-state index contributed by atoms with van der Waals surface area (Å²) in [5.74, 6) is 6.99. The number of nitrogens with zero attached hydrogens (tertiary/aromatic N) is 1. The highest BCUT2D eigenvalue weighted by atomic mass is 16.5. The molecule has 25 heavy (non-hydrogen) atoms. The molecule has 0 atom stereocenters. The Bertz CT molecular complexity index is 794. The summed E-state index contributed by atoms with van der Waals surface area (Å²) in [7, 11) is 1.63. The van der Waals surface area contributed by atoms with Crippen molar-refractivity contribution in [2.75, 3.05) is 20.2 Å². The molecule has 0 radical (unpaired) electrons. The Balaban J connectivity index is 1.68. The molecule has 1 aliphatic heterocycles. The average Bonchev–Trinajstić information content (AvgIpc) is 2.67. The molecule has 3 rings (SSSR count). The number of hydrogen-bond donors (Lipinski definition) is 1. The van der Waals surface area contributed by atoms with E-state index in [-0.39, 0.29) is 12.0 Å². The van der Waals surface area contributed by atoms with E-state index in [0.29, 0.717) is 31.5 Å². The predicted molar refractivity (Wildman–Crippen MR) is 96.6 cm³/mol. The molecule has 0 saturated carbocycles. The fourth-order valence-electron chi connectivity index (χ4n) is 2.79. The molecule has 1 fully saturated rings. The lowest BCUT2D eigenvalue weighted by atomic mass is 10.1. The predicted octanol–water partition coefficient (Wildman–Crippen LogP) is 2.69. The number of benzene rings is 2. The number of aliphatic hydroxyl groups excluding tert-OH is 1. The number of ether oxygens (including phenoxy) is 1. The Labute approximate surface area is 148 Å². The number of methoxy groups -OCH3 is 1. The third-order valence-corrected chi connectivity index (χ3v) is 4.30. The summed E-state index contributed by atoms with van der Waals surface area (Å²) in [5, 5.41) is 9.54. The molecule has 1 amide bonds. The molecule has 1 aliphatic rings. The van der Waals surface area contributed by atoms with Crippen LogP contribution in [0.4, 0.5) is 0 Å². The molecule has 2 aromatic carbocycles. The van der Waals surface area contributed by atoms with Crippen LogP contribution in [-0.4, -0.2) is 42.2 Å². The molecule has 1 heterocycles. The molecule has 128 valence electrons. The monoisotopic (exact) mass is 335 g/mol. The van der Waals surface area contributed by atoms with Gasteiger partial charge >= 0.3 is 0 Å². The first-order valence-electron chi connectivity index (χ1n) is 8.39. The maximum Gasteiger partial charge on any atom is 0.253 e. The topological polar surface area (TPSA) is 49.8 Å². The van der Waals surface area contributed by atoms with Crippen LogP contribution < -0.4 is 4.74 Å². The highest BCUT2D eigenvalue weighted by Crippen LogP contribution is 2.15. The summed E-state index contributed by atoms with van der Waals surface area (Å²) >= 11 is 0. The van der Waals surface area contributed by atoms with Gasteiger partial charge in [-0.15, -0.1) is 0 Å². The first-order chi connectivity index (χ1) is 12.2. The second kappa shape index (κ2) is 7.87. The van der Waals surface area contributed by atoms with E-state index in [2.05, 4.69) is 11.8 Å². The van der Waals surface area contributed by atoms with Gasteiger partial charge in [0.25, 0.3) is 5.91 Å². The minimum absolute atomic E-state index is 0.0132. The Morgan fingerprint density at radius 1 is 1.08 bits per heavy atom. The largest absolute Gasteiger partial charge is 0.497 e. The summed E-state index contributed by atoms with van der Waals surface area (Å²) in [6, 6.07) is 14.9. The third kappa shape index (κ3) is 4.40. The first-order valence-corrected chi connectivity index (χ1v) is 8.39. The third-order valence-electron chi connectivity index (χ3n) is 4.30. The normalized spacial score (nSPS) is 14.6. The number of piperidine rings is 1. The van der Waals surface area contributed by atoms with Crippen molar-refractivity contribution in [2.45, 2.75) is 18.9 Å². The molecule has 0 bridgehead atoms. The number of likely N-dealkylation sites (tertiary alicyclic amines) is 1. The van der Waals surface area contributed by atoms with Gasteiger partial charge in [-0.25, -0.2) is 0 Å². The zero-order chi connectivity index (χ0) is 17.6. The maximum atomic E-state index is 12.5. The molecule has 0 spiro atoms. The van der Waals surface area contributed by atoms with E-state index in [0.717, 1.165) is 16.9 Å². The molecule has 2 aromatic rings. The van der Waals surface area contributed by atoms with Crippen molar-refractivity contribution in [1.29, 1.82) is 0 Å². The highest BCUT2D eigenvalue weighted by Gasteiger charge is 2.21. The first kappa shape index (κ1) is 17.1. The lowest BCUT2D eigenvalue weighted by Crippen LogP contribution is -2.40. The molecule has 4 heteroatoms. The van der Waals surface area contributed by atoms with Gasteiger partial charge in [0.15, 0.2) is 0 Å². The fraction of sp³-hybridized carbons (Fsp3) is 0.286. The summed E-state index contributed by atoms with van der Waals surface area (Å²) in [6.07, 6.45) is 1.02. The van der Waals surface area contributed by atoms with Gasteiger partial charge in [0.05, 0.1) is 13.2 Å². The van der Waals surface area contributed by atoms with Gasteiger partial charge in [-0.2, -0.15) is 0 Å². The molecule has 1 N–H and O–H groups in total. The second-order valence-electron chi connectivity index (χ2n) is 6.08. The molecular weight excluding hydrogens is 314 g/mol. The van der Waals surface area contributed by atoms with Crippen LogP contribution in [0.15, 0.2) is 48.5 Å². The van der Waals surface area contributed by atoms with Crippen LogP contribution >= 0.6 is 0 Å². The van der Waals surface area contributed by atoms with E-state index < -0.39 is 0 Å². The van der Waals surface area contributed by atoms with Gasteiger partial charge in [0.2, 0.25) is 0 Å². The van der Waals surface area contributed by atoms with Crippen molar-refractivity contribution in [1.82, 2.24) is 4.90 Å². The summed E-state index contributed by atoms with van der Waals surface area (Å²) in [5.41, 5.74) is 2.39. The number of hydrogen-bond acceptors (Lipinski definition) is 3. The van der Waals surface area contributed by atoms with E-state index in [9.17, 15) is 9.90 Å². The van der Waals surface area contributed by atoms with Gasteiger partial charge in [0.1, 0.15) is 5.75 Å². The van der Waals surface area contributed by atoms with Crippen LogP contribution in [0.25, 0.3) is 0 Å². The van der Waals surface area contributed by atoms with Crippen LogP contribution in [0.1, 0.15) is 34.3 Å². The Hall–Kier alpha value is -2.77. The maximum absolute atomic E-state index is 12.5. The molecule has 0 aromatic heterocycles. The zero-order valence-electron chi connectivity index (χ0n) is 14.2. The Kier molecular flexibility index (Phi) is 5.37. The van der Waals surface area contributed by atoms with Crippen molar-refractivity contribution in [3.63, 3.8) is 0 Å². The van der Waals surface area contributed by atoms with Gasteiger partial charge in [-0.3, -0.25) is 4.79 Å². The summed E-state index contributed by atoms with van der Waals surface area (Å²) < 4.78 is 5.19. The number of amides is 1. The minimum Gasteiger partial charge on any atom is -0.497 e. The van der Waals surface area contributed by atoms with Crippen LogP contribution in [0.5, 0.6) is 5.75 Å². The van der Waals surface area contributed by atoms with Crippen molar-refractivity contribution < 1.29 is 14.6 Å². The van der Waals surface area contributed by atoms with Crippen LogP contribution in [0, 0.1) is 11.8 Å². The van der Waals surface area contributed by atoms with Crippen LogP contribution in [0.3, 0.4) is 0 Å². The van der Waals surface area contributed by atoms with Gasteiger partial charge < -0.3 is 14.7 Å². The van der Waals surface area contributed by atoms with Gasteiger partial charge in [0, 0.05) is 29.8 Å². The van der Waals surface area contributed by atoms with E-state index in [1.807, 2.05) is 48.5 Å². The molecule has 0 unspecified atom stereocenters. The van der Waals surface area contributed by atoms with E-state index in [1.54, 1.807) is 12.0 Å². The Morgan fingerprint density at radius 2 is 1.76 bits per heavy atom. The number of carbonyl (C=O) groups is 1. The SMILES string of the molecule is COc1cccc(C#Cc2ccc(C(=O)N3CCC(O)CC3)cc2)c1. The lowest BCUT2D eigenvalue weighted by molar-refractivity contribution is 0.0546. The van der Waals surface area contributed by atoms with Crippen molar-refractivity contribution in [2.24, 2.45) is 0 Å².